The second kappa shape index (κ2) is 11.7. The van der Waals surface area contributed by atoms with Crippen LogP contribution in [-0.2, 0) is 32.7 Å². The number of rotatable bonds is 9. The minimum atomic E-state index is -5.55. The van der Waals surface area contributed by atoms with Crippen LogP contribution >= 0.6 is 0 Å². The van der Waals surface area contributed by atoms with Crippen molar-refractivity contribution in [2.24, 2.45) is 0 Å². The van der Waals surface area contributed by atoms with Crippen molar-refractivity contribution >= 4 is 27.6 Å². The summed E-state index contributed by atoms with van der Waals surface area (Å²) in [6.45, 7) is 3.68. The van der Waals surface area contributed by atoms with Gasteiger partial charge in [-0.25, -0.2) is 14.2 Å². The number of carbonyl (C=O) groups is 1. The van der Waals surface area contributed by atoms with Gasteiger partial charge in [-0.3, -0.25) is 4.90 Å². The summed E-state index contributed by atoms with van der Waals surface area (Å²) in [6, 6.07) is 9.64. The van der Waals surface area contributed by atoms with E-state index in [1.807, 2.05) is 6.07 Å². The number of nitrogens with zero attached hydrogens (tertiary/aromatic N) is 4. The van der Waals surface area contributed by atoms with Gasteiger partial charge in [0.25, 0.3) is 10.0 Å². The lowest BCUT2D eigenvalue weighted by Gasteiger charge is -2.23. The molecule has 0 unspecified atom stereocenters. The smallest absolute Gasteiger partial charge is 0.366 e. The van der Waals surface area contributed by atoms with Gasteiger partial charge in [0.15, 0.2) is 5.82 Å². The second-order valence-electron chi connectivity index (χ2n) is 8.92. The van der Waals surface area contributed by atoms with Crippen molar-refractivity contribution in [3.63, 3.8) is 0 Å². The van der Waals surface area contributed by atoms with Crippen molar-refractivity contribution in [1.82, 2.24) is 14.9 Å². The van der Waals surface area contributed by atoms with Crippen LogP contribution in [-0.4, -0.2) is 48.5 Å². The molecule has 15 heteroatoms. The van der Waals surface area contributed by atoms with Gasteiger partial charge in [-0.1, -0.05) is 22.7 Å². The Hall–Kier alpha value is -3.85. The normalized spacial score (nSPS) is 14.2. The van der Waals surface area contributed by atoms with Crippen molar-refractivity contribution in [3.05, 3.63) is 77.1 Å². The molecule has 0 aliphatic carbocycles. The molecule has 0 radical (unpaired) electrons. The Bertz CT molecular complexity index is 1500. The van der Waals surface area contributed by atoms with Gasteiger partial charge in [-0.05, 0) is 68.8 Å². The Labute approximate surface area is 226 Å². The summed E-state index contributed by atoms with van der Waals surface area (Å²) in [6.07, 6.45) is -3.41. The van der Waals surface area contributed by atoms with E-state index < -0.39 is 49.1 Å². The molecule has 214 valence electrons. The lowest BCUT2D eigenvalue weighted by Crippen LogP contribution is -2.39. The molecule has 1 aliphatic heterocycles. The van der Waals surface area contributed by atoms with Crippen LogP contribution in [0.3, 0.4) is 0 Å². The molecular weight excluding hydrogens is 561 g/mol. The van der Waals surface area contributed by atoms with Gasteiger partial charge in [0.05, 0.1) is 5.69 Å². The van der Waals surface area contributed by atoms with Crippen molar-refractivity contribution < 1.29 is 40.0 Å². The summed E-state index contributed by atoms with van der Waals surface area (Å²) >= 11 is 0. The Morgan fingerprint density at radius 2 is 1.75 bits per heavy atom. The highest BCUT2D eigenvalue weighted by atomic mass is 32.2. The number of likely N-dealkylation sites (tertiary alicyclic amines) is 1. The molecule has 3 heterocycles. The zero-order valence-corrected chi connectivity index (χ0v) is 21.9. The summed E-state index contributed by atoms with van der Waals surface area (Å²) in [5.41, 5.74) is 1.00. The number of alkyl halides is 3. The molecule has 0 bridgehead atoms. The second-order valence-corrected chi connectivity index (χ2v) is 10.6. The third-order valence-electron chi connectivity index (χ3n) is 6.07. The van der Waals surface area contributed by atoms with Crippen LogP contribution in [0, 0.1) is 18.7 Å². The van der Waals surface area contributed by atoms with E-state index in [0.717, 1.165) is 55.8 Å². The number of carbonyl (C=O) groups excluding carboxylic acids is 1. The molecule has 40 heavy (non-hydrogen) atoms. The number of anilines is 2. The molecule has 0 atom stereocenters. The number of aromatic nitrogens is 2. The van der Waals surface area contributed by atoms with Crippen LogP contribution in [0.15, 0.2) is 53.4 Å². The van der Waals surface area contributed by atoms with E-state index in [4.69, 9.17) is 0 Å². The molecule has 2 aromatic heterocycles. The molecule has 1 aliphatic rings. The molecular formula is C25H24F5N5O4S. The van der Waals surface area contributed by atoms with E-state index in [9.17, 15) is 35.2 Å². The minimum Gasteiger partial charge on any atom is -0.366 e. The number of sulfonamides is 1. The van der Waals surface area contributed by atoms with Gasteiger partial charge in [0, 0.05) is 18.7 Å². The van der Waals surface area contributed by atoms with Gasteiger partial charge < -0.3 is 10.2 Å². The first-order valence-corrected chi connectivity index (χ1v) is 13.5. The molecule has 0 amide bonds. The maximum absolute atomic E-state index is 14.7. The first-order chi connectivity index (χ1) is 18.9. The maximum Gasteiger partial charge on any atom is 0.493 e. The van der Waals surface area contributed by atoms with E-state index in [1.165, 1.54) is 19.1 Å². The Morgan fingerprint density at radius 3 is 2.40 bits per heavy atom. The van der Waals surface area contributed by atoms with Gasteiger partial charge in [0.1, 0.15) is 16.5 Å². The number of pyridine rings is 2. The van der Waals surface area contributed by atoms with Gasteiger partial charge >= 0.3 is 12.1 Å². The lowest BCUT2D eigenvalue weighted by molar-refractivity contribution is -0.199. The molecule has 1 fully saturated rings. The average Bonchev–Trinajstić information content (AvgIpc) is 3.39. The molecule has 3 aromatic rings. The number of nitrogens with one attached hydrogen (secondary N) is 1. The van der Waals surface area contributed by atoms with Crippen LogP contribution < -0.4 is 9.79 Å². The number of halogens is 5. The first-order valence-electron chi connectivity index (χ1n) is 12.0. The van der Waals surface area contributed by atoms with E-state index in [0.29, 0.717) is 12.1 Å². The fourth-order valence-corrected chi connectivity index (χ4v) is 5.52. The van der Waals surface area contributed by atoms with Gasteiger partial charge in [-0.2, -0.15) is 31.0 Å². The number of aryl methyl sites for hydroxylation is 1. The van der Waals surface area contributed by atoms with Crippen LogP contribution in [0.25, 0.3) is 0 Å². The Kier molecular flexibility index (Phi) is 8.54. The van der Waals surface area contributed by atoms with Crippen LogP contribution in [0.2, 0.25) is 0 Å². The van der Waals surface area contributed by atoms with Crippen molar-refractivity contribution in [1.29, 1.82) is 0 Å². The Balaban J connectivity index is 1.59. The SMILES string of the molecule is Cc1nc(NCc2c(F)cccc2CN2CCCC2)ccc1S(=O)(=O)N(OC(=O)C(F)(F)F)c1cccc(F)n1. The van der Waals surface area contributed by atoms with Crippen molar-refractivity contribution in [3.8, 4) is 0 Å². The lowest BCUT2D eigenvalue weighted by atomic mass is 10.1. The average molecular weight is 586 g/mol. The summed E-state index contributed by atoms with van der Waals surface area (Å²) in [5, 5.41) is 2.93. The fraction of sp³-hybridized carbons (Fsp3) is 0.320. The molecule has 1 saturated heterocycles. The van der Waals surface area contributed by atoms with Crippen molar-refractivity contribution in [2.75, 3.05) is 22.9 Å². The standard InChI is InChI=1S/C25H24F5N5O4S/c1-16-20(40(37,38)35(39-24(36)25(28,29)30)23-9-5-8-21(27)33-23)10-11-22(32-16)31-14-18-17(6-4-7-19(18)26)15-34-12-2-3-13-34/h4-11H,2-3,12-15H2,1H3,(H,31,32). The summed E-state index contributed by atoms with van der Waals surface area (Å²) < 4.78 is 93.1. The molecule has 1 N–H and O–H groups in total. The summed E-state index contributed by atoms with van der Waals surface area (Å²) in [5.74, 6) is -5.29. The van der Waals surface area contributed by atoms with E-state index in [1.54, 1.807) is 6.07 Å². The van der Waals surface area contributed by atoms with Gasteiger partial charge in [0.2, 0.25) is 5.95 Å². The fourth-order valence-electron chi connectivity index (χ4n) is 4.16. The van der Waals surface area contributed by atoms with Crippen LogP contribution in [0.5, 0.6) is 0 Å². The third-order valence-corrected chi connectivity index (χ3v) is 7.76. The molecule has 0 saturated carbocycles. The Morgan fingerprint density at radius 1 is 1.05 bits per heavy atom. The van der Waals surface area contributed by atoms with E-state index >= 15 is 0 Å². The quantitative estimate of drug-likeness (QED) is 0.223. The number of hydrogen-bond acceptors (Lipinski definition) is 8. The highest BCUT2D eigenvalue weighted by molar-refractivity contribution is 7.92. The van der Waals surface area contributed by atoms with E-state index in [-0.39, 0.29) is 18.1 Å². The molecule has 0 spiro atoms. The molecule has 1 aromatic carbocycles. The largest absolute Gasteiger partial charge is 0.493 e. The number of benzene rings is 1. The predicted octanol–water partition coefficient (Wildman–Crippen LogP) is 4.49. The van der Waals surface area contributed by atoms with Crippen molar-refractivity contribution in [2.45, 2.75) is 43.9 Å². The zero-order chi connectivity index (χ0) is 29.1. The highest BCUT2D eigenvalue weighted by Gasteiger charge is 2.45. The predicted molar refractivity (Wildman–Crippen MR) is 133 cm³/mol. The summed E-state index contributed by atoms with van der Waals surface area (Å²) in [4.78, 5) is 24.5. The first kappa shape index (κ1) is 29.1. The molecule has 9 nitrogen and oxygen atoms in total. The van der Waals surface area contributed by atoms with Gasteiger partial charge in [-0.15, -0.1) is 0 Å². The maximum atomic E-state index is 14.7. The van der Waals surface area contributed by atoms with E-state index in [2.05, 4.69) is 25.0 Å². The van der Waals surface area contributed by atoms with Crippen LogP contribution in [0.4, 0.5) is 33.6 Å². The van der Waals surface area contributed by atoms with Crippen LogP contribution in [0.1, 0.15) is 29.7 Å². The third kappa shape index (κ3) is 6.65. The minimum absolute atomic E-state index is 0.0247. The summed E-state index contributed by atoms with van der Waals surface area (Å²) in [7, 11) is -5.06. The number of hydrogen-bond donors (Lipinski definition) is 1. The topological polar surface area (TPSA) is 105 Å². The molecule has 4 rings (SSSR count). The monoisotopic (exact) mass is 585 g/mol. The zero-order valence-electron chi connectivity index (χ0n) is 21.1. The highest BCUT2D eigenvalue weighted by Crippen LogP contribution is 2.28.